The van der Waals surface area contributed by atoms with Gasteiger partial charge in [-0.25, -0.2) is 0 Å². The Bertz CT molecular complexity index is 684. The topological polar surface area (TPSA) is 75.9 Å². The molecule has 134 valence electrons. The lowest BCUT2D eigenvalue weighted by Gasteiger charge is -2.35. The van der Waals surface area contributed by atoms with Gasteiger partial charge in [-0.05, 0) is 44.4 Å². The molecule has 0 saturated carbocycles. The number of hydrogen-bond donors (Lipinski definition) is 1. The molecule has 1 fully saturated rings. The van der Waals surface area contributed by atoms with Gasteiger partial charge in [0.1, 0.15) is 6.54 Å². The minimum atomic E-state index is -0.0707. The average molecular weight is 342 g/mol. The number of amides is 1. The second-order valence-electron chi connectivity index (χ2n) is 6.91. The Morgan fingerprint density at radius 3 is 2.88 bits per heavy atom. The second kappa shape index (κ2) is 8.20. The van der Waals surface area contributed by atoms with Crippen molar-refractivity contribution in [2.75, 3.05) is 19.6 Å². The smallest absolute Gasteiger partial charge is 0.243 e. The predicted octanol–water partition coefficient (Wildman–Crippen LogP) is 1.58. The number of likely N-dealkylation sites (tertiary alicyclic amines) is 1. The van der Waals surface area contributed by atoms with Gasteiger partial charge in [-0.1, -0.05) is 30.3 Å². The van der Waals surface area contributed by atoms with E-state index in [0.29, 0.717) is 24.3 Å². The first kappa shape index (κ1) is 17.5. The molecule has 0 spiro atoms. The van der Waals surface area contributed by atoms with Gasteiger partial charge in [0.25, 0.3) is 0 Å². The van der Waals surface area contributed by atoms with Gasteiger partial charge in [-0.15, -0.1) is 10.2 Å². The molecule has 0 aliphatic carbocycles. The highest BCUT2D eigenvalue weighted by Crippen LogP contribution is 2.17. The summed E-state index contributed by atoms with van der Waals surface area (Å²) in [7, 11) is 0. The number of nitrogens with zero attached hydrogens (tertiary/aromatic N) is 5. The maximum Gasteiger partial charge on any atom is 0.243 e. The molecule has 25 heavy (non-hydrogen) atoms. The highest BCUT2D eigenvalue weighted by atomic mass is 16.2. The van der Waals surface area contributed by atoms with Crippen molar-refractivity contribution in [3.63, 3.8) is 0 Å². The zero-order valence-electron chi connectivity index (χ0n) is 14.9. The van der Waals surface area contributed by atoms with Crippen molar-refractivity contribution in [1.82, 2.24) is 30.4 Å². The van der Waals surface area contributed by atoms with Gasteiger partial charge >= 0.3 is 0 Å². The summed E-state index contributed by atoms with van der Waals surface area (Å²) in [5.74, 6) is 0.982. The van der Waals surface area contributed by atoms with Gasteiger partial charge in [-0.2, -0.15) is 4.80 Å². The van der Waals surface area contributed by atoms with Crippen LogP contribution in [0.15, 0.2) is 30.3 Å². The SMILES string of the molecule is CC(C)N1CCC[C@H](CNC(=O)Cn2nnc(-c3ccccc3)n2)C1. The fourth-order valence-electron chi connectivity index (χ4n) is 3.19. The van der Waals surface area contributed by atoms with Crippen LogP contribution in [0.1, 0.15) is 26.7 Å². The van der Waals surface area contributed by atoms with Crippen molar-refractivity contribution < 1.29 is 4.79 Å². The molecule has 1 aliphatic heterocycles. The summed E-state index contributed by atoms with van der Waals surface area (Å²) in [5.41, 5.74) is 0.894. The fourth-order valence-corrected chi connectivity index (χ4v) is 3.19. The molecule has 1 atom stereocenters. The molecule has 3 rings (SSSR count). The number of hydrogen-bond acceptors (Lipinski definition) is 5. The zero-order valence-corrected chi connectivity index (χ0v) is 14.9. The van der Waals surface area contributed by atoms with Crippen LogP contribution in [0.3, 0.4) is 0 Å². The third kappa shape index (κ3) is 4.85. The Hall–Kier alpha value is -2.28. The van der Waals surface area contributed by atoms with Crippen molar-refractivity contribution >= 4 is 5.91 Å². The van der Waals surface area contributed by atoms with E-state index >= 15 is 0 Å². The Labute approximate surface area is 148 Å². The molecule has 1 aromatic carbocycles. The molecule has 2 aromatic rings. The predicted molar refractivity (Wildman–Crippen MR) is 95.7 cm³/mol. The summed E-state index contributed by atoms with van der Waals surface area (Å²) in [6.07, 6.45) is 2.37. The largest absolute Gasteiger partial charge is 0.354 e. The summed E-state index contributed by atoms with van der Waals surface area (Å²) in [5, 5.41) is 15.3. The molecule has 1 N–H and O–H groups in total. The second-order valence-corrected chi connectivity index (χ2v) is 6.91. The van der Waals surface area contributed by atoms with Gasteiger partial charge in [0, 0.05) is 24.7 Å². The van der Waals surface area contributed by atoms with Gasteiger partial charge in [-0.3, -0.25) is 4.79 Å². The first-order valence-corrected chi connectivity index (χ1v) is 8.96. The van der Waals surface area contributed by atoms with Crippen LogP contribution >= 0.6 is 0 Å². The van der Waals surface area contributed by atoms with Gasteiger partial charge in [0.2, 0.25) is 11.7 Å². The maximum atomic E-state index is 12.2. The van der Waals surface area contributed by atoms with Crippen LogP contribution in [-0.4, -0.2) is 56.7 Å². The molecule has 2 heterocycles. The van der Waals surface area contributed by atoms with Crippen LogP contribution in [0.25, 0.3) is 11.4 Å². The Kier molecular flexibility index (Phi) is 5.75. The minimum absolute atomic E-state index is 0.0707. The molecule has 1 aromatic heterocycles. The number of carbonyl (C=O) groups is 1. The van der Waals surface area contributed by atoms with E-state index in [9.17, 15) is 4.79 Å². The summed E-state index contributed by atoms with van der Waals surface area (Å²) in [6.45, 7) is 7.47. The van der Waals surface area contributed by atoms with Crippen molar-refractivity contribution in [3.8, 4) is 11.4 Å². The van der Waals surface area contributed by atoms with E-state index in [1.807, 2.05) is 30.3 Å². The summed E-state index contributed by atoms with van der Waals surface area (Å²) in [4.78, 5) is 16.0. The Morgan fingerprint density at radius 2 is 2.12 bits per heavy atom. The van der Waals surface area contributed by atoms with Gasteiger partial charge < -0.3 is 10.2 Å². The van der Waals surface area contributed by atoms with E-state index in [1.165, 1.54) is 17.6 Å². The third-order valence-corrected chi connectivity index (χ3v) is 4.64. The first-order chi connectivity index (χ1) is 12.1. The highest BCUT2D eigenvalue weighted by molar-refractivity contribution is 5.75. The lowest BCUT2D eigenvalue weighted by Crippen LogP contribution is -2.44. The highest BCUT2D eigenvalue weighted by Gasteiger charge is 2.22. The van der Waals surface area contributed by atoms with Crippen LogP contribution in [0.2, 0.25) is 0 Å². The number of rotatable bonds is 6. The standard InChI is InChI=1S/C18H26N6O/c1-14(2)23-10-6-7-15(12-23)11-19-17(25)13-24-21-18(20-22-24)16-8-4-3-5-9-16/h3-5,8-9,14-15H,6-7,10-13H2,1-2H3,(H,19,25)/t15-/m1/s1. The summed E-state index contributed by atoms with van der Waals surface area (Å²) < 4.78 is 0. The lowest BCUT2D eigenvalue weighted by atomic mass is 9.97. The average Bonchev–Trinajstić information content (AvgIpc) is 3.09. The molecular weight excluding hydrogens is 316 g/mol. The van der Waals surface area contributed by atoms with Crippen LogP contribution in [-0.2, 0) is 11.3 Å². The fraction of sp³-hybridized carbons (Fsp3) is 0.556. The molecule has 0 radical (unpaired) electrons. The van der Waals surface area contributed by atoms with E-state index < -0.39 is 0 Å². The number of carbonyl (C=O) groups excluding carboxylic acids is 1. The van der Waals surface area contributed by atoms with E-state index in [1.54, 1.807) is 0 Å². The number of tetrazole rings is 1. The minimum Gasteiger partial charge on any atom is -0.354 e. The summed E-state index contributed by atoms with van der Waals surface area (Å²) in [6, 6.07) is 10.2. The van der Waals surface area contributed by atoms with Crippen LogP contribution in [0.4, 0.5) is 0 Å². The molecule has 1 saturated heterocycles. The molecule has 1 amide bonds. The summed E-state index contributed by atoms with van der Waals surface area (Å²) >= 11 is 0. The van der Waals surface area contributed by atoms with Crippen LogP contribution in [0.5, 0.6) is 0 Å². The van der Waals surface area contributed by atoms with Gasteiger partial charge in [0.15, 0.2) is 0 Å². The molecule has 0 unspecified atom stereocenters. The van der Waals surface area contributed by atoms with Crippen molar-refractivity contribution in [1.29, 1.82) is 0 Å². The number of aromatic nitrogens is 4. The van der Waals surface area contributed by atoms with E-state index in [2.05, 4.69) is 39.5 Å². The molecule has 7 nitrogen and oxygen atoms in total. The van der Waals surface area contributed by atoms with Gasteiger partial charge in [0.05, 0.1) is 0 Å². The first-order valence-electron chi connectivity index (χ1n) is 8.96. The Morgan fingerprint density at radius 1 is 1.32 bits per heavy atom. The van der Waals surface area contributed by atoms with Crippen LogP contribution < -0.4 is 5.32 Å². The number of piperidine rings is 1. The third-order valence-electron chi connectivity index (χ3n) is 4.64. The van der Waals surface area contributed by atoms with Crippen molar-refractivity contribution in [2.24, 2.45) is 5.92 Å². The van der Waals surface area contributed by atoms with Crippen LogP contribution in [0, 0.1) is 5.92 Å². The maximum absolute atomic E-state index is 12.2. The molecule has 1 aliphatic rings. The van der Waals surface area contributed by atoms with E-state index in [-0.39, 0.29) is 12.5 Å². The van der Waals surface area contributed by atoms with Crippen molar-refractivity contribution in [3.05, 3.63) is 30.3 Å². The zero-order chi connectivity index (χ0) is 17.6. The molecule has 7 heteroatoms. The van der Waals surface area contributed by atoms with Crippen molar-refractivity contribution in [2.45, 2.75) is 39.3 Å². The molecule has 0 bridgehead atoms. The number of benzene rings is 1. The molecular formula is C18H26N6O. The quantitative estimate of drug-likeness (QED) is 0.862. The monoisotopic (exact) mass is 342 g/mol. The van der Waals surface area contributed by atoms with E-state index in [0.717, 1.165) is 18.7 Å². The van der Waals surface area contributed by atoms with E-state index in [4.69, 9.17) is 0 Å². The lowest BCUT2D eigenvalue weighted by molar-refractivity contribution is -0.122. The number of nitrogens with one attached hydrogen (secondary N) is 1. The normalized spacial score (nSPS) is 18.4. The Balaban J connectivity index is 1.47.